The number of hydrogen-bond donors (Lipinski definition) is 0. The van der Waals surface area contributed by atoms with E-state index in [1.807, 2.05) is 6.92 Å². The summed E-state index contributed by atoms with van der Waals surface area (Å²) in [5.41, 5.74) is 1.68. The highest BCUT2D eigenvalue weighted by molar-refractivity contribution is 7.91. The smallest absolute Gasteiger partial charge is 0.334 e. The third-order valence-electron chi connectivity index (χ3n) is 3.38. The second kappa shape index (κ2) is 7.64. The van der Waals surface area contributed by atoms with Crippen molar-refractivity contribution >= 4 is 33.5 Å². The van der Waals surface area contributed by atoms with Crippen LogP contribution in [-0.2, 0) is 19.4 Å². The van der Waals surface area contributed by atoms with Gasteiger partial charge in [-0.05, 0) is 42.8 Å². The Labute approximate surface area is 146 Å². The van der Waals surface area contributed by atoms with Gasteiger partial charge in [0, 0.05) is 5.02 Å². The first kappa shape index (κ1) is 18.2. The van der Waals surface area contributed by atoms with E-state index in [1.165, 1.54) is 25.3 Å². The Hall–Kier alpha value is -2.11. The van der Waals surface area contributed by atoms with Crippen molar-refractivity contribution < 1.29 is 17.9 Å². The Morgan fingerprint density at radius 3 is 2.21 bits per heavy atom. The molecular weight excluding hydrogens is 348 g/mol. The predicted molar refractivity (Wildman–Crippen MR) is 94.7 cm³/mol. The fourth-order valence-corrected chi connectivity index (χ4v) is 3.54. The molecule has 0 unspecified atom stereocenters. The fraction of sp³-hybridized carbons (Fsp3) is 0.167. The Morgan fingerprint density at radius 1 is 1.08 bits per heavy atom. The molecule has 0 N–H and O–H groups in total. The van der Waals surface area contributed by atoms with Crippen molar-refractivity contribution in [1.82, 2.24) is 0 Å². The first-order valence-electron chi connectivity index (χ1n) is 7.16. The van der Waals surface area contributed by atoms with Gasteiger partial charge in [-0.25, -0.2) is 13.2 Å². The summed E-state index contributed by atoms with van der Waals surface area (Å²) in [5, 5.41) is 0.555. The minimum atomic E-state index is -3.65. The number of rotatable bonds is 5. The molecule has 0 saturated heterocycles. The van der Waals surface area contributed by atoms with Crippen molar-refractivity contribution in [2.24, 2.45) is 0 Å². The maximum Gasteiger partial charge on any atom is 0.334 e. The molecule has 6 heteroatoms. The molecule has 2 aromatic carbocycles. The molecule has 0 aliphatic carbocycles. The number of halogens is 1. The van der Waals surface area contributed by atoms with Crippen LogP contribution in [-0.4, -0.2) is 27.2 Å². The molecule has 0 radical (unpaired) electrons. The van der Waals surface area contributed by atoms with Gasteiger partial charge < -0.3 is 4.74 Å². The van der Waals surface area contributed by atoms with E-state index >= 15 is 0 Å². The highest BCUT2D eigenvalue weighted by Gasteiger charge is 2.21. The Bertz CT molecular complexity index is 851. The fourth-order valence-electron chi connectivity index (χ4n) is 2.08. The highest BCUT2D eigenvalue weighted by Crippen LogP contribution is 2.18. The number of methoxy groups -OCH3 is 1. The van der Waals surface area contributed by atoms with Crippen LogP contribution >= 0.6 is 11.6 Å². The molecule has 0 atom stereocenters. The van der Waals surface area contributed by atoms with E-state index in [0.29, 0.717) is 10.6 Å². The number of esters is 1. The van der Waals surface area contributed by atoms with Crippen LogP contribution in [0.15, 0.2) is 59.0 Å². The third-order valence-corrected chi connectivity index (χ3v) is 5.32. The van der Waals surface area contributed by atoms with Crippen LogP contribution in [0.5, 0.6) is 0 Å². The first-order chi connectivity index (χ1) is 11.3. The largest absolute Gasteiger partial charge is 0.466 e. The zero-order valence-electron chi connectivity index (χ0n) is 13.3. The summed E-state index contributed by atoms with van der Waals surface area (Å²) in [5.74, 6) is -1.12. The van der Waals surface area contributed by atoms with Gasteiger partial charge in [0.25, 0.3) is 0 Å². The average molecular weight is 365 g/mol. The van der Waals surface area contributed by atoms with Gasteiger partial charge in [-0.2, -0.15) is 0 Å². The molecule has 4 nitrogen and oxygen atoms in total. The zero-order valence-corrected chi connectivity index (χ0v) is 14.9. The van der Waals surface area contributed by atoms with Gasteiger partial charge in [-0.1, -0.05) is 41.4 Å². The molecule has 0 aromatic heterocycles. The van der Waals surface area contributed by atoms with Crippen LogP contribution in [0.25, 0.3) is 6.08 Å². The molecule has 0 bridgehead atoms. The van der Waals surface area contributed by atoms with Crippen LogP contribution < -0.4 is 0 Å². The maximum atomic E-state index is 12.5. The third kappa shape index (κ3) is 4.69. The normalized spacial score (nSPS) is 12.0. The molecule has 0 fully saturated rings. The van der Waals surface area contributed by atoms with Gasteiger partial charge in [-0.15, -0.1) is 0 Å². The van der Waals surface area contributed by atoms with Gasteiger partial charge in [0.05, 0.1) is 23.3 Å². The van der Waals surface area contributed by atoms with Crippen LogP contribution in [0.2, 0.25) is 5.02 Å². The summed E-state index contributed by atoms with van der Waals surface area (Å²) in [7, 11) is -2.44. The minimum Gasteiger partial charge on any atom is -0.466 e. The second-order valence-electron chi connectivity index (χ2n) is 5.28. The van der Waals surface area contributed by atoms with Crippen molar-refractivity contribution in [2.45, 2.75) is 11.8 Å². The van der Waals surface area contributed by atoms with Crippen LogP contribution in [0, 0.1) is 6.92 Å². The SMILES string of the molecule is COC(=O)/C(=C/c1ccc(Cl)cc1)CS(=O)(=O)c1ccc(C)cc1. The van der Waals surface area contributed by atoms with Crippen LogP contribution in [0.1, 0.15) is 11.1 Å². The summed E-state index contributed by atoms with van der Waals surface area (Å²) in [4.78, 5) is 12.1. The molecule has 0 aliphatic heterocycles. The number of hydrogen-bond acceptors (Lipinski definition) is 4. The predicted octanol–water partition coefficient (Wildman–Crippen LogP) is 3.68. The first-order valence-corrected chi connectivity index (χ1v) is 9.19. The lowest BCUT2D eigenvalue weighted by Crippen LogP contribution is -2.16. The van der Waals surface area contributed by atoms with Crippen LogP contribution in [0.4, 0.5) is 0 Å². The number of aryl methyl sites for hydroxylation is 1. The number of ether oxygens (including phenoxy) is 1. The molecule has 0 heterocycles. The summed E-state index contributed by atoms with van der Waals surface area (Å²) in [6.45, 7) is 1.87. The van der Waals surface area contributed by atoms with Crippen LogP contribution in [0.3, 0.4) is 0 Å². The Morgan fingerprint density at radius 2 is 1.67 bits per heavy atom. The van der Waals surface area contributed by atoms with E-state index < -0.39 is 21.6 Å². The lowest BCUT2D eigenvalue weighted by molar-refractivity contribution is -0.135. The number of sulfone groups is 1. The van der Waals surface area contributed by atoms with E-state index in [-0.39, 0.29) is 10.5 Å². The molecule has 2 aromatic rings. The molecule has 0 spiro atoms. The maximum absolute atomic E-state index is 12.5. The average Bonchev–Trinajstić information content (AvgIpc) is 2.55. The monoisotopic (exact) mass is 364 g/mol. The van der Waals surface area contributed by atoms with Gasteiger partial charge in [0.2, 0.25) is 0 Å². The van der Waals surface area contributed by atoms with Gasteiger partial charge >= 0.3 is 5.97 Å². The Kier molecular flexibility index (Phi) is 5.80. The van der Waals surface area contributed by atoms with E-state index in [9.17, 15) is 13.2 Å². The standard InChI is InChI=1S/C18H17ClO4S/c1-13-3-9-17(10-4-13)24(21,22)12-15(18(20)23-2)11-14-5-7-16(19)8-6-14/h3-11H,12H2,1-2H3/b15-11+. The van der Waals surface area contributed by atoms with Crippen molar-refractivity contribution in [3.05, 3.63) is 70.3 Å². The molecule has 24 heavy (non-hydrogen) atoms. The quantitative estimate of drug-likeness (QED) is 0.599. The van der Waals surface area contributed by atoms with E-state index in [4.69, 9.17) is 16.3 Å². The second-order valence-corrected chi connectivity index (χ2v) is 7.71. The summed E-state index contributed by atoms with van der Waals surface area (Å²) in [6.07, 6.45) is 1.49. The highest BCUT2D eigenvalue weighted by atomic mass is 35.5. The molecule has 126 valence electrons. The van der Waals surface area contributed by atoms with Crippen molar-refractivity contribution in [1.29, 1.82) is 0 Å². The summed E-state index contributed by atoms with van der Waals surface area (Å²) < 4.78 is 29.8. The van der Waals surface area contributed by atoms with Crippen molar-refractivity contribution in [3.63, 3.8) is 0 Å². The molecule has 0 amide bonds. The lowest BCUT2D eigenvalue weighted by atomic mass is 10.1. The van der Waals surface area contributed by atoms with Gasteiger partial charge in [0.1, 0.15) is 0 Å². The van der Waals surface area contributed by atoms with E-state index in [1.54, 1.807) is 36.4 Å². The summed E-state index contributed by atoms with van der Waals surface area (Å²) in [6, 6.07) is 13.2. The van der Waals surface area contributed by atoms with Gasteiger partial charge in [0.15, 0.2) is 9.84 Å². The lowest BCUT2D eigenvalue weighted by Gasteiger charge is -2.08. The van der Waals surface area contributed by atoms with E-state index in [2.05, 4.69) is 0 Å². The van der Waals surface area contributed by atoms with Crippen molar-refractivity contribution in [3.8, 4) is 0 Å². The topological polar surface area (TPSA) is 60.4 Å². The molecule has 0 saturated carbocycles. The zero-order chi connectivity index (χ0) is 17.7. The Balaban J connectivity index is 2.37. The summed E-state index contributed by atoms with van der Waals surface area (Å²) >= 11 is 5.83. The molecular formula is C18H17ClO4S. The molecule has 2 rings (SSSR count). The van der Waals surface area contributed by atoms with Crippen molar-refractivity contribution in [2.75, 3.05) is 12.9 Å². The van der Waals surface area contributed by atoms with E-state index in [0.717, 1.165) is 5.56 Å². The number of carbonyl (C=O) groups is 1. The number of carbonyl (C=O) groups excluding carboxylic acids is 1. The minimum absolute atomic E-state index is 0.0559. The number of benzene rings is 2. The molecule has 0 aliphatic rings. The van der Waals surface area contributed by atoms with Gasteiger partial charge in [-0.3, -0.25) is 0 Å².